The largest absolute Gasteiger partial charge is 0.466 e. The molecule has 0 bridgehead atoms. The average Bonchev–Trinajstić information content (AvgIpc) is 2.93. The fourth-order valence-corrected chi connectivity index (χ4v) is 3.18. The molecule has 0 spiro atoms. The average molecular weight is 350 g/mol. The third-order valence-electron chi connectivity index (χ3n) is 3.97. The summed E-state index contributed by atoms with van der Waals surface area (Å²) in [5, 5.41) is -0.258. The van der Waals surface area contributed by atoms with Gasteiger partial charge in [0.1, 0.15) is 0 Å². The number of benzene rings is 1. The normalized spacial score (nSPS) is 18.3. The van der Waals surface area contributed by atoms with Gasteiger partial charge in [-0.25, -0.2) is 0 Å². The van der Waals surface area contributed by atoms with E-state index in [1.807, 2.05) is 4.90 Å². The summed E-state index contributed by atoms with van der Waals surface area (Å²) in [4.78, 5) is 13.2. The van der Waals surface area contributed by atoms with Crippen LogP contribution >= 0.6 is 11.6 Å². The molecule has 1 aliphatic rings. The molecule has 1 aliphatic heterocycles. The fourth-order valence-electron chi connectivity index (χ4n) is 2.83. The second-order valence-corrected chi connectivity index (χ2v) is 5.96. The van der Waals surface area contributed by atoms with Crippen molar-refractivity contribution in [2.75, 3.05) is 24.6 Å². The van der Waals surface area contributed by atoms with E-state index in [4.69, 9.17) is 16.3 Å². The summed E-state index contributed by atoms with van der Waals surface area (Å²) in [7, 11) is 0. The maximum Gasteiger partial charge on any atom is 0.417 e. The Morgan fingerprint density at radius 1 is 1.43 bits per heavy atom. The highest BCUT2D eigenvalue weighted by Gasteiger charge is 2.35. The first-order chi connectivity index (χ1) is 10.8. The summed E-state index contributed by atoms with van der Waals surface area (Å²) in [6.45, 7) is 3.34. The second kappa shape index (κ2) is 7.43. The molecule has 3 nitrogen and oxygen atoms in total. The van der Waals surface area contributed by atoms with E-state index >= 15 is 0 Å². The summed E-state index contributed by atoms with van der Waals surface area (Å²) < 4.78 is 43.6. The lowest BCUT2D eigenvalue weighted by Gasteiger charge is -2.22. The minimum atomic E-state index is -4.46. The predicted molar refractivity (Wildman–Crippen MR) is 82.6 cm³/mol. The molecule has 0 N–H and O–H groups in total. The smallest absolute Gasteiger partial charge is 0.417 e. The number of ether oxygens (including phenoxy) is 1. The van der Waals surface area contributed by atoms with Crippen LogP contribution in [0.25, 0.3) is 0 Å². The van der Waals surface area contributed by atoms with Crippen molar-refractivity contribution in [3.63, 3.8) is 0 Å². The van der Waals surface area contributed by atoms with Crippen LogP contribution in [0, 0.1) is 5.92 Å². The number of carbonyl (C=O) groups excluding carboxylic acids is 1. The zero-order valence-corrected chi connectivity index (χ0v) is 13.6. The van der Waals surface area contributed by atoms with Crippen LogP contribution in [0.1, 0.15) is 31.7 Å². The molecule has 1 aromatic carbocycles. The van der Waals surface area contributed by atoms with Gasteiger partial charge in [-0.3, -0.25) is 4.79 Å². The molecule has 7 heteroatoms. The van der Waals surface area contributed by atoms with Gasteiger partial charge in [0, 0.05) is 19.5 Å². The number of alkyl halides is 3. The van der Waals surface area contributed by atoms with E-state index in [0.29, 0.717) is 38.2 Å². The third-order valence-corrected chi connectivity index (χ3v) is 4.37. The van der Waals surface area contributed by atoms with Crippen molar-refractivity contribution in [3.8, 4) is 0 Å². The minimum absolute atomic E-state index is 0.233. The number of halogens is 4. The van der Waals surface area contributed by atoms with Crippen LogP contribution in [0.2, 0.25) is 5.02 Å². The minimum Gasteiger partial charge on any atom is -0.466 e. The number of esters is 1. The number of anilines is 1. The lowest BCUT2D eigenvalue weighted by molar-refractivity contribution is -0.143. The summed E-state index contributed by atoms with van der Waals surface area (Å²) >= 11 is 5.95. The lowest BCUT2D eigenvalue weighted by Crippen LogP contribution is -2.21. The monoisotopic (exact) mass is 349 g/mol. The van der Waals surface area contributed by atoms with E-state index < -0.39 is 11.7 Å². The Balaban J connectivity index is 2.01. The van der Waals surface area contributed by atoms with Gasteiger partial charge in [0.05, 0.1) is 22.9 Å². The van der Waals surface area contributed by atoms with Gasteiger partial charge in [-0.05, 0) is 37.8 Å². The summed E-state index contributed by atoms with van der Waals surface area (Å²) in [6, 6.07) is 3.96. The van der Waals surface area contributed by atoms with Crippen LogP contribution in [-0.2, 0) is 15.7 Å². The molecule has 1 fully saturated rings. The highest BCUT2D eigenvalue weighted by molar-refractivity contribution is 6.34. The van der Waals surface area contributed by atoms with Gasteiger partial charge in [-0.2, -0.15) is 13.2 Å². The summed E-state index contributed by atoms with van der Waals surface area (Å²) in [6.07, 6.45) is -2.63. The number of hydrogen-bond acceptors (Lipinski definition) is 3. The summed E-state index contributed by atoms with van der Waals surface area (Å²) in [5.74, 6) is 0.0214. The van der Waals surface area contributed by atoms with Gasteiger partial charge >= 0.3 is 12.1 Å². The molecule has 128 valence electrons. The van der Waals surface area contributed by atoms with Gasteiger partial charge in [0.2, 0.25) is 0 Å². The highest BCUT2D eigenvalue weighted by atomic mass is 35.5. The van der Waals surface area contributed by atoms with E-state index in [1.54, 1.807) is 13.0 Å². The molecule has 1 atom stereocenters. The first kappa shape index (κ1) is 17.9. The zero-order chi connectivity index (χ0) is 17.0. The van der Waals surface area contributed by atoms with E-state index in [9.17, 15) is 18.0 Å². The molecule has 0 aromatic heterocycles. The Morgan fingerprint density at radius 2 is 2.17 bits per heavy atom. The van der Waals surface area contributed by atoms with Crippen LogP contribution in [0.4, 0.5) is 18.9 Å². The molecule has 1 aromatic rings. The fraction of sp³-hybridized carbons (Fsp3) is 0.562. The van der Waals surface area contributed by atoms with Crippen LogP contribution in [0.15, 0.2) is 18.2 Å². The SMILES string of the molecule is CCOC(=O)CCC1CCN(c2cccc(C(F)(F)F)c2Cl)C1. The Morgan fingerprint density at radius 3 is 2.83 bits per heavy atom. The van der Waals surface area contributed by atoms with Gasteiger partial charge in [0.25, 0.3) is 0 Å². The Bertz CT molecular complexity index is 563. The highest BCUT2D eigenvalue weighted by Crippen LogP contribution is 2.40. The Labute approximate surface area is 138 Å². The van der Waals surface area contributed by atoms with Crippen molar-refractivity contribution in [2.24, 2.45) is 5.92 Å². The number of rotatable bonds is 5. The van der Waals surface area contributed by atoms with E-state index in [-0.39, 0.29) is 16.9 Å². The maximum atomic E-state index is 12.9. The molecule has 1 unspecified atom stereocenters. The van der Waals surface area contributed by atoms with E-state index in [1.165, 1.54) is 6.07 Å². The zero-order valence-electron chi connectivity index (χ0n) is 12.8. The number of hydrogen-bond donors (Lipinski definition) is 0. The van der Waals surface area contributed by atoms with Crippen LogP contribution < -0.4 is 4.90 Å². The van der Waals surface area contributed by atoms with Crippen molar-refractivity contribution in [1.29, 1.82) is 0 Å². The predicted octanol–water partition coefficient (Wildman–Crippen LogP) is 4.53. The molecule has 0 amide bonds. The molecule has 1 saturated heterocycles. The topological polar surface area (TPSA) is 29.5 Å². The molecule has 0 aliphatic carbocycles. The molecule has 2 rings (SSSR count). The van der Waals surface area contributed by atoms with Crippen molar-refractivity contribution in [3.05, 3.63) is 28.8 Å². The molecular formula is C16H19ClF3NO2. The van der Waals surface area contributed by atoms with Gasteiger partial charge in [-0.15, -0.1) is 0 Å². The number of carbonyl (C=O) groups is 1. The molecule has 0 radical (unpaired) electrons. The van der Waals surface area contributed by atoms with Gasteiger partial charge in [0.15, 0.2) is 0 Å². The van der Waals surface area contributed by atoms with Crippen molar-refractivity contribution < 1.29 is 22.7 Å². The molecular weight excluding hydrogens is 331 g/mol. The van der Waals surface area contributed by atoms with Crippen LogP contribution in [-0.4, -0.2) is 25.7 Å². The van der Waals surface area contributed by atoms with Crippen molar-refractivity contribution in [1.82, 2.24) is 0 Å². The first-order valence-electron chi connectivity index (χ1n) is 7.59. The number of nitrogens with zero attached hydrogens (tertiary/aromatic N) is 1. The van der Waals surface area contributed by atoms with E-state index in [2.05, 4.69) is 0 Å². The standard InChI is InChI=1S/C16H19ClF3NO2/c1-2-23-14(22)7-6-11-8-9-21(10-11)13-5-3-4-12(15(13)17)16(18,19)20/h3-5,11H,2,6-10H2,1H3. The first-order valence-corrected chi connectivity index (χ1v) is 7.97. The van der Waals surface area contributed by atoms with E-state index in [0.717, 1.165) is 12.5 Å². The Hall–Kier alpha value is -1.43. The Kier molecular flexibility index (Phi) is 5.79. The van der Waals surface area contributed by atoms with Crippen LogP contribution in [0.3, 0.4) is 0 Å². The second-order valence-electron chi connectivity index (χ2n) is 5.58. The summed E-state index contributed by atoms with van der Waals surface area (Å²) in [5.41, 5.74) is -0.410. The molecule has 23 heavy (non-hydrogen) atoms. The quantitative estimate of drug-likeness (QED) is 0.731. The molecule has 0 saturated carbocycles. The van der Waals surface area contributed by atoms with Crippen molar-refractivity contribution in [2.45, 2.75) is 32.4 Å². The van der Waals surface area contributed by atoms with Gasteiger partial charge in [-0.1, -0.05) is 17.7 Å². The third kappa shape index (κ3) is 4.53. The maximum absolute atomic E-state index is 12.9. The van der Waals surface area contributed by atoms with Gasteiger partial charge < -0.3 is 9.64 Å². The van der Waals surface area contributed by atoms with Crippen LogP contribution in [0.5, 0.6) is 0 Å². The van der Waals surface area contributed by atoms with Crippen molar-refractivity contribution >= 4 is 23.3 Å². The molecule has 1 heterocycles. The lowest BCUT2D eigenvalue weighted by atomic mass is 10.0.